The average molecular weight is 417 g/mol. The van der Waals surface area contributed by atoms with E-state index in [1.165, 1.54) is 24.3 Å². The number of halogens is 3. The molecule has 1 amide bonds. The number of hydrogen-bond acceptors (Lipinski definition) is 4. The molecule has 0 unspecified atom stereocenters. The zero-order valence-corrected chi connectivity index (χ0v) is 15.7. The van der Waals surface area contributed by atoms with Crippen molar-refractivity contribution < 1.29 is 23.1 Å². The third kappa shape index (κ3) is 2.83. The highest BCUT2D eigenvalue weighted by Crippen LogP contribution is 2.48. The van der Waals surface area contributed by atoms with E-state index in [1.54, 1.807) is 17.0 Å². The van der Waals surface area contributed by atoms with Crippen molar-refractivity contribution in [3.05, 3.63) is 53.6 Å². The maximum atomic E-state index is 13.4. The summed E-state index contributed by atoms with van der Waals surface area (Å²) in [6.07, 6.45) is -2.91. The Morgan fingerprint density at radius 3 is 2.24 bits per heavy atom. The van der Waals surface area contributed by atoms with Gasteiger partial charge in [-0.1, -0.05) is 0 Å². The number of rotatable bonds is 2. The fourth-order valence-corrected chi connectivity index (χ4v) is 4.28. The number of phenolic OH excluding ortho intramolecular Hbond substituents is 1. The van der Waals surface area contributed by atoms with Crippen LogP contribution in [0.2, 0.25) is 0 Å². The molecule has 0 atom stereocenters. The number of anilines is 2. The van der Waals surface area contributed by atoms with Crippen molar-refractivity contribution in [1.82, 2.24) is 0 Å². The quantitative estimate of drug-likeness (QED) is 0.737. The summed E-state index contributed by atoms with van der Waals surface area (Å²) in [5, 5.41) is 18.6. The monoisotopic (exact) mass is 417 g/mol. The molecule has 2 fully saturated rings. The molecule has 0 radical (unpaired) electrons. The lowest BCUT2D eigenvalue weighted by Crippen LogP contribution is -2.55. The van der Waals surface area contributed by atoms with E-state index >= 15 is 0 Å². The minimum Gasteiger partial charge on any atom is -0.508 e. The van der Waals surface area contributed by atoms with Gasteiger partial charge >= 0.3 is 6.18 Å². The third-order valence-electron chi connectivity index (χ3n) is 5.39. The Labute approximate surface area is 169 Å². The predicted octanol–water partition coefficient (Wildman–Crippen LogP) is 4.34. The van der Waals surface area contributed by atoms with Gasteiger partial charge in [-0.05, 0) is 73.9 Å². The fourth-order valence-electron chi connectivity index (χ4n) is 3.81. The van der Waals surface area contributed by atoms with Gasteiger partial charge in [-0.25, -0.2) is 0 Å². The number of aromatic hydroxyl groups is 1. The van der Waals surface area contributed by atoms with Crippen LogP contribution in [-0.4, -0.2) is 21.7 Å². The molecular weight excluding hydrogens is 403 g/mol. The van der Waals surface area contributed by atoms with Gasteiger partial charge in [0.15, 0.2) is 5.11 Å². The molecule has 1 aliphatic carbocycles. The van der Waals surface area contributed by atoms with Crippen LogP contribution in [0.25, 0.3) is 0 Å². The van der Waals surface area contributed by atoms with E-state index in [0.29, 0.717) is 18.5 Å². The summed E-state index contributed by atoms with van der Waals surface area (Å²) in [6, 6.07) is 10.8. The van der Waals surface area contributed by atoms with E-state index in [9.17, 15) is 23.1 Å². The van der Waals surface area contributed by atoms with E-state index in [2.05, 4.69) is 0 Å². The summed E-state index contributed by atoms with van der Waals surface area (Å²) in [5.74, 6) is -0.341. The Hall–Kier alpha value is -3.12. The lowest BCUT2D eigenvalue weighted by Gasteiger charge is -2.43. The van der Waals surface area contributed by atoms with Crippen molar-refractivity contribution in [1.29, 1.82) is 5.26 Å². The van der Waals surface area contributed by atoms with Gasteiger partial charge in [0.05, 0.1) is 22.9 Å². The lowest BCUT2D eigenvalue weighted by molar-refractivity contribution is -0.137. The van der Waals surface area contributed by atoms with Crippen LogP contribution in [0.5, 0.6) is 5.75 Å². The number of benzene rings is 2. The predicted molar refractivity (Wildman–Crippen MR) is 103 cm³/mol. The van der Waals surface area contributed by atoms with Crippen LogP contribution in [0.15, 0.2) is 42.5 Å². The molecule has 29 heavy (non-hydrogen) atoms. The van der Waals surface area contributed by atoms with Gasteiger partial charge in [-0.3, -0.25) is 9.69 Å². The van der Waals surface area contributed by atoms with Gasteiger partial charge in [-0.15, -0.1) is 0 Å². The molecular formula is C20H14F3N3O2S. The molecule has 1 aliphatic heterocycles. The molecule has 148 valence electrons. The van der Waals surface area contributed by atoms with E-state index in [0.717, 1.165) is 23.5 Å². The van der Waals surface area contributed by atoms with Crippen molar-refractivity contribution in [3.8, 4) is 11.8 Å². The van der Waals surface area contributed by atoms with E-state index in [4.69, 9.17) is 17.5 Å². The van der Waals surface area contributed by atoms with Crippen molar-refractivity contribution in [2.24, 2.45) is 0 Å². The first-order valence-electron chi connectivity index (χ1n) is 8.78. The molecule has 1 heterocycles. The Kier molecular flexibility index (Phi) is 4.28. The Bertz CT molecular complexity index is 1060. The largest absolute Gasteiger partial charge is 0.508 e. The molecule has 1 saturated heterocycles. The number of carbonyl (C=O) groups excluding carboxylic acids is 1. The Morgan fingerprint density at radius 2 is 1.72 bits per heavy atom. The highest BCUT2D eigenvalue weighted by molar-refractivity contribution is 7.81. The molecule has 2 aromatic carbocycles. The molecule has 2 aromatic rings. The molecule has 2 aliphatic rings. The van der Waals surface area contributed by atoms with Gasteiger partial charge in [0.1, 0.15) is 11.3 Å². The first-order valence-corrected chi connectivity index (χ1v) is 9.19. The van der Waals surface area contributed by atoms with Crippen LogP contribution < -0.4 is 9.80 Å². The summed E-state index contributed by atoms with van der Waals surface area (Å²) >= 11 is 5.51. The molecule has 5 nitrogen and oxygen atoms in total. The Balaban J connectivity index is 1.82. The van der Waals surface area contributed by atoms with E-state index in [-0.39, 0.29) is 22.5 Å². The van der Waals surface area contributed by atoms with Crippen LogP contribution in [0.4, 0.5) is 24.5 Å². The molecule has 1 N–H and O–H groups in total. The first-order chi connectivity index (χ1) is 13.7. The van der Waals surface area contributed by atoms with Gasteiger partial charge in [-0.2, -0.15) is 18.4 Å². The first kappa shape index (κ1) is 19.2. The zero-order valence-electron chi connectivity index (χ0n) is 14.9. The third-order valence-corrected chi connectivity index (χ3v) is 5.75. The second-order valence-electron chi connectivity index (χ2n) is 7.00. The van der Waals surface area contributed by atoms with Crippen molar-refractivity contribution in [3.63, 3.8) is 0 Å². The van der Waals surface area contributed by atoms with Crippen LogP contribution >= 0.6 is 12.2 Å². The number of hydrogen-bond donors (Lipinski definition) is 1. The van der Waals surface area contributed by atoms with Crippen LogP contribution in [0, 0.1) is 11.3 Å². The highest BCUT2D eigenvalue weighted by atomic mass is 32.1. The summed E-state index contributed by atoms with van der Waals surface area (Å²) in [7, 11) is 0. The Morgan fingerprint density at radius 1 is 1.10 bits per heavy atom. The molecule has 4 rings (SSSR count). The van der Waals surface area contributed by atoms with Crippen LogP contribution in [0.3, 0.4) is 0 Å². The number of nitrogens with zero attached hydrogens (tertiary/aromatic N) is 3. The number of carbonyl (C=O) groups is 1. The minimum atomic E-state index is -4.74. The van der Waals surface area contributed by atoms with Gasteiger partial charge in [0, 0.05) is 5.69 Å². The second-order valence-corrected chi connectivity index (χ2v) is 7.36. The molecule has 0 bridgehead atoms. The van der Waals surface area contributed by atoms with Crippen LogP contribution in [-0.2, 0) is 11.0 Å². The topological polar surface area (TPSA) is 67.6 Å². The van der Waals surface area contributed by atoms with Crippen molar-refractivity contribution in [2.75, 3.05) is 9.80 Å². The normalized spacial score (nSPS) is 18.1. The second kappa shape index (κ2) is 6.46. The van der Waals surface area contributed by atoms with Crippen molar-refractivity contribution in [2.45, 2.75) is 31.0 Å². The highest BCUT2D eigenvalue weighted by Gasteiger charge is 2.59. The van der Waals surface area contributed by atoms with Crippen molar-refractivity contribution >= 4 is 34.6 Å². The fraction of sp³-hybridized carbons (Fsp3) is 0.250. The molecule has 1 spiro atoms. The van der Waals surface area contributed by atoms with Gasteiger partial charge in [0.2, 0.25) is 0 Å². The number of phenols is 1. The van der Waals surface area contributed by atoms with E-state index in [1.807, 2.05) is 0 Å². The van der Waals surface area contributed by atoms with E-state index < -0.39 is 22.8 Å². The minimum absolute atomic E-state index is 0.0288. The molecule has 0 aromatic heterocycles. The summed E-state index contributed by atoms with van der Waals surface area (Å²) < 4.78 is 40.2. The molecule has 9 heteroatoms. The van der Waals surface area contributed by atoms with Gasteiger partial charge < -0.3 is 10.0 Å². The molecule has 1 saturated carbocycles. The lowest BCUT2D eigenvalue weighted by atomic mass is 9.75. The summed E-state index contributed by atoms with van der Waals surface area (Å²) in [6.45, 7) is 0. The maximum absolute atomic E-state index is 13.4. The average Bonchev–Trinajstić information content (AvgIpc) is 2.88. The number of alkyl halides is 3. The SMILES string of the molecule is N#Cc1ccc(N2C(=O)C3(CCC3)N(c3ccc(O)cc3)C2=S)cc1C(F)(F)F. The number of nitriles is 1. The zero-order chi connectivity index (χ0) is 21.0. The standard InChI is InChI=1S/C20H14F3N3O2S/c21-20(22,23)16-10-14(3-2-12(16)11-24)25-17(28)19(8-1-9-19)26(18(25)29)13-4-6-15(27)7-5-13/h2-7,10,27H,1,8-9H2. The van der Waals surface area contributed by atoms with Gasteiger partial charge in [0.25, 0.3) is 5.91 Å². The summed E-state index contributed by atoms with van der Waals surface area (Å²) in [5.41, 5.74) is -2.03. The smallest absolute Gasteiger partial charge is 0.417 e. The summed E-state index contributed by atoms with van der Waals surface area (Å²) in [4.78, 5) is 16.0. The number of thiocarbonyl (C=S) groups is 1. The maximum Gasteiger partial charge on any atom is 0.417 e. The number of amides is 1. The van der Waals surface area contributed by atoms with Crippen LogP contribution in [0.1, 0.15) is 30.4 Å².